The largest absolute Gasteiger partial charge is 0.505 e. The number of hydrogen-bond acceptors (Lipinski definition) is 6. The number of methoxy groups -OCH3 is 1. The maximum Gasteiger partial charge on any atom is 0.341 e. The highest BCUT2D eigenvalue weighted by molar-refractivity contribution is 6.04. The lowest BCUT2D eigenvalue weighted by molar-refractivity contribution is 0.0597. The molecule has 0 aliphatic carbocycles. The number of carbonyl (C=O) groups is 1. The van der Waals surface area contributed by atoms with Crippen LogP contribution in [0.5, 0.6) is 5.75 Å². The molecule has 3 rings (SSSR count). The van der Waals surface area contributed by atoms with Gasteiger partial charge < -0.3 is 14.7 Å². The van der Waals surface area contributed by atoms with E-state index in [0.717, 1.165) is 11.1 Å². The molecule has 1 N–H and O–H groups in total. The third-order valence-electron chi connectivity index (χ3n) is 4.03. The molecular formula is C20H19N3O3. The predicted octanol–water partition coefficient (Wildman–Crippen LogP) is 4.81. The highest BCUT2D eigenvalue weighted by Gasteiger charge is 2.18. The molecule has 132 valence electrons. The molecule has 0 aliphatic heterocycles. The van der Waals surface area contributed by atoms with Crippen molar-refractivity contribution in [3.05, 3.63) is 60.2 Å². The van der Waals surface area contributed by atoms with Crippen LogP contribution in [-0.4, -0.2) is 32.3 Å². The molecule has 26 heavy (non-hydrogen) atoms. The first kappa shape index (κ1) is 17.4. The minimum Gasteiger partial charge on any atom is -0.505 e. The highest BCUT2D eigenvalue weighted by Crippen LogP contribution is 2.39. The Morgan fingerprint density at radius 3 is 2.38 bits per heavy atom. The molecule has 0 atom stereocenters. The predicted molar refractivity (Wildman–Crippen MR) is 102 cm³/mol. The van der Waals surface area contributed by atoms with E-state index in [2.05, 4.69) is 10.2 Å². The van der Waals surface area contributed by atoms with Crippen LogP contribution in [0.4, 0.5) is 17.1 Å². The Kier molecular flexibility index (Phi) is 4.84. The van der Waals surface area contributed by atoms with Gasteiger partial charge in [-0.3, -0.25) is 0 Å². The van der Waals surface area contributed by atoms with Gasteiger partial charge in [-0.1, -0.05) is 24.3 Å². The Bertz CT molecular complexity index is 980. The number of phenolic OH excluding ortho intramolecular Hbond substituents is 1. The average molecular weight is 349 g/mol. The van der Waals surface area contributed by atoms with E-state index in [1.807, 2.05) is 67.5 Å². The first-order valence-corrected chi connectivity index (χ1v) is 8.03. The Morgan fingerprint density at radius 2 is 1.73 bits per heavy atom. The van der Waals surface area contributed by atoms with Gasteiger partial charge in [0.1, 0.15) is 11.3 Å². The summed E-state index contributed by atoms with van der Waals surface area (Å²) >= 11 is 0. The SMILES string of the molecule is COC(=O)c1cc2ccccc2c(N=Nc2ccc(N(C)C)cc2)c1O. The van der Waals surface area contributed by atoms with Gasteiger partial charge in [0.25, 0.3) is 0 Å². The number of hydrogen-bond donors (Lipinski definition) is 1. The summed E-state index contributed by atoms with van der Waals surface area (Å²) in [5.41, 5.74) is 1.98. The van der Waals surface area contributed by atoms with Gasteiger partial charge in [-0.05, 0) is 35.7 Å². The van der Waals surface area contributed by atoms with E-state index < -0.39 is 5.97 Å². The van der Waals surface area contributed by atoms with Gasteiger partial charge in [0, 0.05) is 25.2 Å². The zero-order valence-corrected chi connectivity index (χ0v) is 14.8. The maximum atomic E-state index is 11.9. The van der Waals surface area contributed by atoms with E-state index in [1.165, 1.54) is 7.11 Å². The number of carbonyl (C=O) groups excluding carboxylic acids is 1. The Morgan fingerprint density at radius 1 is 1.04 bits per heavy atom. The second-order valence-corrected chi connectivity index (χ2v) is 5.94. The Hall–Kier alpha value is -3.41. The van der Waals surface area contributed by atoms with Crippen LogP contribution in [0, 0.1) is 0 Å². The van der Waals surface area contributed by atoms with Gasteiger partial charge >= 0.3 is 5.97 Å². The van der Waals surface area contributed by atoms with Gasteiger partial charge in [0.15, 0.2) is 5.75 Å². The van der Waals surface area contributed by atoms with E-state index in [9.17, 15) is 9.90 Å². The number of fused-ring (bicyclic) bond motifs is 1. The number of benzene rings is 3. The first-order valence-electron chi connectivity index (χ1n) is 8.03. The lowest BCUT2D eigenvalue weighted by Gasteiger charge is -2.11. The van der Waals surface area contributed by atoms with E-state index >= 15 is 0 Å². The third kappa shape index (κ3) is 3.35. The molecule has 0 fully saturated rings. The van der Waals surface area contributed by atoms with Crippen molar-refractivity contribution in [1.82, 2.24) is 0 Å². The van der Waals surface area contributed by atoms with Gasteiger partial charge in [0.05, 0.1) is 12.8 Å². The number of aromatic hydroxyl groups is 1. The van der Waals surface area contributed by atoms with Crippen LogP contribution in [0.25, 0.3) is 10.8 Å². The molecule has 0 spiro atoms. The van der Waals surface area contributed by atoms with Crippen LogP contribution in [0.2, 0.25) is 0 Å². The quantitative estimate of drug-likeness (QED) is 0.541. The number of anilines is 1. The van der Waals surface area contributed by atoms with Crippen molar-refractivity contribution >= 4 is 33.8 Å². The van der Waals surface area contributed by atoms with Crippen molar-refractivity contribution in [2.75, 3.05) is 26.1 Å². The fourth-order valence-corrected chi connectivity index (χ4v) is 2.61. The van der Waals surface area contributed by atoms with Crippen molar-refractivity contribution in [1.29, 1.82) is 0 Å². The van der Waals surface area contributed by atoms with Crippen molar-refractivity contribution in [3.8, 4) is 5.75 Å². The highest BCUT2D eigenvalue weighted by atomic mass is 16.5. The minimum atomic E-state index is -0.625. The summed E-state index contributed by atoms with van der Waals surface area (Å²) in [7, 11) is 5.18. The van der Waals surface area contributed by atoms with Crippen LogP contribution in [-0.2, 0) is 4.74 Å². The number of esters is 1. The van der Waals surface area contributed by atoms with Gasteiger partial charge in [-0.2, -0.15) is 5.11 Å². The molecule has 0 aliphatic rings. The number of ether oxygens (including phenoxy) is 1. The third-order valence-corrected chi connectivity index (χ3v) is 4.03. The van der Waals surface area contributed by atoms with Crippen molar-refractivity contribution in [3.63, 3.8) is 0 Å². The number of nitrogens with zero attached hydrogens (tertiary/aromatic N) is 3. The second-order valence-electron chi connectivity index (χ2n) is 5.94. The molecule has 6 nitrogen and oxygen atoms in total. The van der Waals surface area contributed by atoms with Gasteiger partial charge in [-0.25, -0.2) is 4.79 Å². The van der Waals surface area contributed by atoms with Crippen molar-refractivity contribution < 1.29 is 14.6 Å². The molecular weight excluding hydrogens is 330 g/mol. The van der Waals surface area contributed by atoms with Crippen molar-refractivity contribution in [2.45, 2.75) is 0 Å². The molecule has 3 aromatic carbocycles. The lowest BCUT2D eigenvalue weighted by atomic mass is 10.0. The monoisotopic (exact) mass is 349 g/mol. The Balaban J connectivity index is 2.08. The first-order chi connectivity index (χ1) is 12.5. The molecule has 0 saturated carbocycles. The summed E-state index contributed by atoms with van der Waals surface area (Å²) in [6.45, 7) is 0. The second kappa shape index (κ2) is 7.23. The molecule has 0 saturated heterocycles. The smallest absolute Gasteiger partial charge is 0.341 e. The summed E-state index contributed by atoms with van der Waals surface area (Å²) < 4.78 is 4.74. The fourth-order valence-electron chi connectivity index (χ4n) is 2.61. The summed E-state index contributed by atoms with van der Waals surface area (Å²) in [6.07, 6.45) is 0. The molecule has 0 amide bonds. The molecule has 0 bridgehead atoms. The van der Waals surface area contributed by atoms with Crippen LogP contribution in [0.1, 0.15) is 10.4 Å². The number of rotatable bonds is 4. The van der Waals surface area contributed by atoms with E-state index in [4.69, 9.17) is 4.74 Å². The number of phenols is 1. The van der Waals surface area contributed by atoms with Crippen LogP contribution >= 0.6 is 0 Å². The standard InChI is InChI=1S/C20H19N3O3/c1-23(2)15-10-8-14(9-11-15)21-22-18-16-7-5-4-6-13(16)12-17(19(18)24)20(25)26-3/h4-12,24H,1-3H3. The fraction of sp³-hybridized carbons (Fsp3) is 0.150. The van der Waals surface area contributed by atoms with Crippen molar-refractivity contribution in [2.24, 2.45) is 10.2 Å². The molecule has 6 heteroatoms. The van der Waals surface area contributed by atoms with Gasteiger partial charge in [-0.15, -0.1) is 5.11 Å². The lowest BCUT2D eigenvalue weighted by Crippen LogP contribution is -2.07. The van der Waals surface area contributed by atoms with Crippen LogP contribution in [0.3, 0.4) is 0 Å². The van der Waals surface area contributed by atoms with Gasteiger partial charge in [0.2, 0.25) is 0 Å². The summed E-state index contributed by atoms with van der Waals surface area (Å²) in [5.74, 6) is -0.871. The molecule has 0 heterocycles. The summed E-state index contributed by atoms with van der Waals surface area (Å²) in [5, 5.41) is 20.4. The normalized spacial score (nSPS) is 11.0. The zero-order chi connectivity index (χ0) is 18.7. The maximum absolute atomic E-state index is 11.9. The van der Waals surface area contributed by atoms with E-state index in [0.29, 0.717) is 11.1 Å². The molecule has 0 aromatic heterocycles. The Labute approximate surface area is 151 Å². The van der Waals surface area contributed by atoms with E-state index in [1.54, 1.807) is 6.07 Å². The summed E-state index contributed by atoms with van der Waals surface area (Å²) in [4.78, 5) is 13.9. The molecule has 3 aromatic rings. The minimum absolute atomic E-state index is 0.0584. The topological polar surface area (TPSA) is 74.5 Å². The summed E-state index contributed by atoms with van der Waals surface area (Å²) in [6, 6.07) is 16.5. The number of azo groups is 1. The average Bonchev–Trinajstić information content (AvgIpc) is 2.66. The van der Waals surface area contributed by atoms with E-state index in [-0.39, 0.29) is 17.0 Å². The zero-order valence-electron chi connectivity index (χ0n) is 14.8. The van der Waals surface area contributed by atoms with Crippen LogP contribution in [0.15, 0.2) is 64.8 Å². The molecule has 0 radical (unpaired) electrons. The molecule has 0 unspecified atom stereocenters. The van der Waals surface area contributed by atoms with Crippen LogP contribution < -0.4 is 4.90 Å².